The minimum atomic E-state index is -0.389. The summed E-state index contributed by atoms with van der Waals surface area (Å²) < 4.78 is 0. The fraction of sp³-hybridized carbons (Fsp3) is 0.381. The van der Waals surface area contributed by atoms with Crippen molar-refractivity contribution in [1.82, 2.24) is 4.90 Å². The predicted molar refractivity (Wildman–Crippen MR) is 108 cm³/mol. The fourth-order valence-corrected chi connectivity index (χ4v) is 3.43. The average Bonchev–Trinajstić information content (AvgIpc) is 2.66. The molecule has 0 unspecified atom stereocenters. The summed E-state index contributed by atoms with van der Waals surface area (Å²) in [5.74, 6) is -0.389. The van der Waals surface area contributed by atoms with Gasteiger partial charge in [-0.25, -0.2) is 0 Å². The van der Waals surface area contributed by atoms with Crippen molar-refractivity contribution in [1.29, 1.82) is 0 Å². The number of carbonyl (C=O) groups excluding carboxylic acids is 1. The van der Waals surface area contributed by atoms with Gasteiger partial charge in [0, 0.05) is 44.1 Å². The molecule has 3 rings (SSSR count). The molecular weight excluding hydrogens is 324 g/mol. The van der Waals surface area contributed by atoms with Crippen LogP contribution in [0.3, 0.4) is 0 Å². The Bertz CT molecular complexity index is 738. The van der Waals surface area contributed by atoms with Crippen LogP contribution in [0.2, 0.25) is 0 Å². The minimum absolute atomic E-state index is 0.389. The quantitative estimate of drug-likeness (QED) is 0.752. The van der Waals surface area contributed by atoms with E-state index in [1.54, 1.807) is 6.07 Å². The largest absolute Gasteiger partial charge is 0.384 e. The van der Waals surface area contributed by atoms with Crippen LogP contribution in [0, 0.1) is 6.92 Å². The summed E-state index contributed by atoms with van der Waals surface area (Å²) in [6.45, 7) is 8.36. The van der Waals surface area contributed by atoms with E-state index in [1.807, 2.05) is 18.2 Å². The molecule has 138 valence electrons. The molecule has 0 spiro atoms. The van der Waals surface area contributed by atoms with Gasteiger partial charge in [-0.15, -0.1) is 0 Å². The number of nitrogens with two attached hydrogens (primary N) is 1. The second-order valence-corrected chi connectivity index (χ2v) is 6.86. The van der Waals surface area contributed by atoms with Crippen LogP contribution in [-0.2, 0) is 0 Å². The number of nitrogens with one attached hydrogen (secondary N) is 1. The van der Waals surface area contributed by atoms with Gasteiger partial charge < -0.3 is 16.0 Å². The summed E-state index contributed by atoms with van der Waals surface area (Å²) >= 11 is 0. The topological polar surface area (TPSA) is 61.6 Å². The third-order valence-corrected chi connectivity index (χ3v) is 4.90. The lowest BCUT2D eigenvalue weighted by Gasteiger charge is -2.36. The zero-order valence-electron chi connectivity index (χ0n) is 15.4. The zero-order chi connectivity index (χ0) is 18.4. The number of benzene rings is 2. The maximum Gasteiger partial charge on any atom is 0.250 e. The number of primary amides is 1. The lowest BCUT2D eigenvalue weighted by molar-refractivity contribution is 0.100. The highest BCUT2D eigenvalue weighted by molar-refractivity contribution is 5.98. The molecule has 5 nitrogen and oxygen atoms in total. The molecule has 2 aromatic carbocycles. The molecule has 2 aromatic rings. The zero-order valence-corrected chi connectivity index (χ0v) is 15.4. The first-order valence-electron chi connectivity index (χ1n) is 9.30. The van der Waals surface area contributed by atoms with E-state index in [0.29, 0.717) is 5.56 Å². The highest BCUT2D eigenvalue weighted by Crippen LogP contribution is 2.18. The normalized spacial score (nSPS) is 15.0. The average molecular weight is 352 g/mol. The molecule has 26 heavy (non-hydrogen) atoms. The Kier molecular flexibility index (Phi) is 6.12. The first-order valence-corrected chi connectivity index (χ1v) is 9.30. The smallest absolute Gasteiger partial charge is 0.250 e. The minimum Gasteiger partial charge on any atom is -0.384 e. The highest BCUT2D eigenvalue weighted by atomic mass is 16.1. The summed E-state index contributed by atoms with van der Waals surface area (Å²) in [6, 6.07) is 16.1. The van der Waals surface area contributed by atoms with E-state index in [9.17, 15) is 4.79 Å². The predicted octanol–water partition coefficient (Wildman–Crippen LogP) is 2.72. The van der Waals surface area contributed by atoms with Gasteiger partial charge in [-0.1, -0.05) is 24.3 Å². The monoisotopic (exact) mass is 352 g/mol. The van der Waals surface area contributed by atoms with Crippen LogP contribution in [0.5, 0.6) is 0 Å². The lowest BCUT2D eigenvalue weighted by Crippen LogP contribution is -2.46. The number of para-hydroxylation sites is 1. The van der Waals surface area contributed by atoms with Crippen molar-refractivity contribution in [3.05, 3.63) is 59.7 Å². The molecule has 1 amide bonds. The van der Waals surface area contributed by atoms with E-state index < -0.39 is 0 Å². The molecule has 1 aliphatic rings. The van der Waals surface area contributed by atoms with Crippen molar-refractivity contribution in [3.63, 3.8) is 0 Å². The van der Waals surface area contributed by atoms with E-state index in [-0.39, 0.29) is 5.91 Å². The summed E-state index contributed by atoms with van der Waals surface area (Å²) in [5.41, 5.74) is 9.43. The third kappa shape index (κ3) is 4.76. The molecule has 0 aromatic heterocycles. The summed E-state index contributed by atoms with van der Waals surface area (Å²) in [4.78, 5) is 16.4. The summed E-state index contributed by atoms with van der Waals surface area (Å²) in [5, 5.41) is 3.34. The second-order valence-electron chi connectivity index (χ2n) is 6.86. The third-order valence-electron chi connectivity index (χ3n) is 4.90. The number of aryl methyl sites for hydroxylation is 1. The van der Waals surface area contributed by atoms with E-state index in [4.69, 9.17) is 5.73 Å². The molecule has 1 fully saturated rings. The van der Waals surface area contributed by atoms with E-state index in [0.717, 1.165) is 51.4 Å². The number of anilines is 2. The summed E-state index contributed by atoms with van der Waals surface area (Å²) in [7, 11) is 0. The maximum atomic E-state index is 11.4. The van der Waals surface area contributed by atoms with Gasteiger partial charge in [0.1, 0.15) is 0 Å². The Hall–Kier alpha value is -2.53. The molecule has 1 heterocycles. The van der Waals surface area contributed by atoms with Gasteiger partial charge in [0.2, 0.25) is 0 Å². The standard InChI is InChI=1S/C21H28N4O/c1-17-6-4-7-18(16-17)25-14-12-24(13-15-25)11-5-10-23-20-9-3-2-8-19(20)21(22)26/h2-4,6-9,16,23H,5,10-15H2,1H3,(H2,22,26). The van der Waals surface area contributed by atoms with E-state index in [2.05, 4.69) is 46.3 Å². The van der Waals surface area contributed by atoms with Gasteiger partial charge in [-0.05, 0) is 49.7 Å². The number of hydrogen-bond acceptors (Lipinski definition) is 4. The SMILES string of the molecule is Cc1cccc(N2CCN(CCCNc3ccccc3C(N)=O)CC2)c1. The molecule has 0 aliphatic carbocycles. The van der Waals surface area contributed by atoms with Crippen molar-refractivity contribution in [2.75, 3.05) is 49.5 Å². The van der Waals surface area contributed by atoms with Crippen LogP contribution in [0.15, 0.2) is 48.5 Å². The first-order chi connectivity index (χ1) is 12.6. The van der Waals surface area contributed by atoms with Crippen molar-refractivity contribution >= 4 is 17.3 Å². The first kappa shape index (κ1) is 18.3. The van der Waals surface area contributed by atoms with Gasteiger partial charge in [0.15, 0.2) is 0 Å². The number of amides is 1. The Balaban J connectivity index is 1.40. The Morgan fingerprint density at radius 1 is 1.08 bits per heavy atom. The number of piperazine rings is 1. The maximum absolute atomic E-state index is 11.4. The number of hydrogen-bond donors (Lipinski definition) is 2. The van der Waals surface area contributed by atoms with Crippen LogP contribution in [-0.4, -0.2) is 50.1 Å². The van der Waals surface area contributed by atoms with Crippen LogP contribution in [0.1, 0.15) is 22.3 Å². The molecule has 3 N–H and O–H groups in total. The highest BCUT2D eigenvalue weighted by Gasteiger charge is 2.16. The molecular formula is C21H28N4O. The van der Waals surface area contributed by atoms with Gasteiger partial charge in [-0.2, -0.15) is 0 Å². The van der Waals surface area contributed by atoms with Gasteiger partial charge in [0.05, 0.1) is 5.56 Å². The fourth-order valence-electron chi connectivity index (χ4n) is 3.43. The van der Waals surface area contributed by atoms with Gasteiger partial charge in [0.25, 0.3) is 5.91 Å². The van der Waals surface area contributed by atoms with Crippen molar-refractivity contribution in [3.8, 4) is 0 Å². The van der Waals surface area contributed by atoms with Crippen molar-refractivity contribution in [2.45, 2.75) is 13.3 Å². The van der Waals surface area contributed by atoms with Crippen LogP contribution in [0.4, 0.5) is 11.4 Å². The summed E-state index contributed by atoms with van der Waals surface area (Å²) in [6.07, 6.45) is 1.04. The molecule has 1 aliphatic heterocycles. The molecule has 0 atom stereocenters. The lowest BCUT2D eigenvalue weighted by atomic mass is 10.1. The van der Waals surface area contributed by atoms with Crippen molar-refractivity contribution < 1.29 is 4.79 Å². The molecule has 0 saturated carbocycles. The number of carbonyl (C=O) groups is 1. The van der Waals surface area contributed by atoms with Crippen LogP contribution in [0.25, 0.3) is 0 Å². The Labute approximate surface area is 155 Å². The van der Waals surface area contributed by atoms with Crippen LogP contribution >= 0.6 is 0 Å². The van der Waals surface area contributed by atoms with E-state index >= 15 is 0 Å². The second kappa shape index (κ2) is 8.72. The van der Waals surface area contributed by atoms with Crippen LogP contribution < -0.4 is 16.0 Å². The Morgan fingerprint density at radius 3 is 2.58 bits per heavy atom. The number of rotatable bonds is 7. The molecule has 1 saturated heterocycles. The molecule has 0 bridgehead atoms. The Morgan fingerprint density at radius 2 is 1.85 bits per heavy atom. The van der Waals surface area contributed by atoms with Gasteiger partial charge >= 0.3 is 0 Å². The molecule has 5 heteroatoms. The van der Waals surface area contributed by atoms with Crippen molar-refractivity contribution in [2.24, 2.45) is 5.73 Å². The molecule has 0 radical (unpaired) electrons. The van der Waals surface area contributed by atoms with Gasteiger partial charge in [-0.3, -0.25) is 9.69 Å². The van der Waals surface area contributed by atoms with E-state index in [1.165, 1.54) is 11.3 Å². The number of nitrogens with zero attached hydrogens (tertiary/aromatic N) is 2.